The van der Waals surface area contributed by atoms with E-state index in [1.54, 1.807) is 0 Å². The minimum atomic E-state index is -0.807. The highest BCUT2D eigenvalue weighted by atomic mass is 16.6. The first-order valence-electron chi connectivity index (χ1n) is 10.9. The Hall–Kier alpha value is -3.86. The molecular weight excluding hydrogens is 446 g/mol. The van der Waals surface area contributed by atoms with E-state index in [1.807, 2.05) is 23.1 Å². The molecule has 1 N–H and O–H groups in total. The molecule has 0 radical (unpaired) electrons. The number of carbonyl (C=O) groups is 2. The molecule has 0 saturated carbocycles. The summed E-state index contributed by atoms with van der Waals surface area (Å²) in [4.78, 5) is 37.3. The monoisotopic (exact) mass is 471 g/mol. The number of amides is 1. The van der Waals surface area contributed by atoms with Crippen LogP contribution < -0.4 is 19.7 Å². The van der Waals surface area contributed by atoms with Crippen LogP contribution in [0.3, 0.4) is 0 Å². The van der Waals surface area contributed by atoms with E-state index >= 15 is 0 Å². The summed E-state index contributed by atoms with van der Waals surface area (Å²) in [6.07, 6.45) is 0.561. The van der Waals surface area contributed by atoms with Gasteiger partial charge in [0.15, 0.2) is 18.1 Å². The molecule has 2 aliphatic heterocycles. The maximum absolute atomic E-state index is 12.4. The van der Waals surface area contributed by atoms with Gasteiger partial charge >= 0.3 is 5.97 Å². The van der Waals surface area contributed by atoms with Crippen LogP contribution in [0, 0.1) is 10.1 Å². The van der Waals surface area contributed by atoms with E-state index in [2.05, 4.69) is 5.32 Å². The summed E-state index contributed by atoms with van der Waals surface area (Å²) in [5.74, 6) is 0.103. The van der Waals surface area contributed by atoms with Crippen molar-refractivity contribution < 1.29 is 33.5 Å². The van der Waals surface area contributed by atoms with Crippen LogP contribution in [0.4, 0.5) is 11.4 Å². The number of carbonyl (C=O) groups excluding carboxylic acids is 2. The van der Waals surface area contributed by atoms with Crippen LogP contribution in [0.2, 0.25) is 0 Å². The fourth-order valence-corrected chi connectivity index (χ4v) is 3.72. The first-order chi connectivity index (χ1) is 16.5. The lowest BCUT2D eigenvalue weighted by molar-refractivity contribution is -0.384. The van der Waals surface area contributed by atoms with E-state index in [0.29, 0.717) is 69.7 Å². The van der Waals surface area contributed by atoms with Gasteiger partial charge < -0.3 is 29.2 Å². The fraction of sp³-hybridized carbons (Fsp3) is 0.391. The number of hydrogen-bond donors (Lipinski definition) is 1. The number of benzene rings is 2. The van der Waals surface area contributed by atoms with Crippen molar-refractivity contribution in [2.75, 3.05) is 57.6 Å². The van der Waals surface area contributed by atoms with Crippen LogP contribution in [0.1, 0.15) is 15.9 Å². The molecule has 0 aliphatic carbocycles. The third-order valence-corrected chi connectivity index (χ3v) is 5.44. The number of nitro groups is 1. The van der Waals surface area contributed by atoms with Crippen LogP contribution in [-0.2, 0) is 20.7 Å². The highest BCUT2D eigenvalue weighted by Gasteiger charge is 2.24. The summed E-state index contributed by atoms with van der Waals surface area (Å²) in [5, 5.41) is 14.2. The molecule has 1 saturated heterocycles. The van der Waals surface area contributed by atoms with Gasteiger partial charge in [0.2, 0.25) is 0 Å². The van der Waals surface area contributed by atoms with Gasteiger partial charge in [-0.25, -0.2) is 4.79 Å². The largest absolute Gasteiger partial charge is 0.486 e. The predicted octanol–water partition coefficient (Wildman–Crippen LogP) is 1.72. The number of fused-ring (bicyclic) bond motifs is 1. The summed E-state index contributed by atoms with van der Waals surface area (Å²) in [5.41, 5.74) is 1.20. The molecule has 11 heteroatoms. The van der Waals surface area contributed by atoms with E-state index < -0.39 is 23.4 Å². The maximum Gasteiger partial charge on any atom is 0.338 e. The molecule has 0 unspecified atom stereocenters. The molecule has 2 aromatic rings. The number of nitrogens with one attached hydrogen (secondary N) is 1. The highest BCUT2D eigenvalue weighted by Crippen LogP contribution is 2.31. The van der Waals surface area contributed by atoms with Crippen molar-refractivity contribution in [3.05, 3.63) is 57.6 Å². The number of nitrogens with zero attached hydrogens (tertiary/aromatic N) is 2. The zero-order valence-corrected chi connectivity index (χ0v) is 18.5. The lowest BCUT2D eigenvalue weighted by Gasteiger charge is -2.28. The van der Waals surface area contributed by atoms with Gasteiger partial charge in [-0.15, -0.1) is 0 Å². The predicted molar refractivity (Wildman–Crippen MR) is 121 cm³/mol. The van der Waals surface area contributed by atoms with Gasteiger partial charge in [-0.3, -0.25) is 14.9 Å². The number of rotatable bonds is 8. The summed E-state index contributed by atoms with van der Waals surface area (Å²) in [6, 6.07) is 9.75. The standard InChI is InChI=1S/C23H25N3O8/c27-22(24-6-5-16-1-4-20-21(13-16)33-12-11-32-20)15-34-23(28)17-2-3-18(19(14-17)26(29)30)25-7-9-31-10-8-25/h1-4,13-14H,5-12,15H2,(H,24,27). The summed E-state index contributed by atoms with van der Waals surface area (Å²) in [6.45, 7) is 2.88. The molecule has 2 aliphatic rings. The molecule has 0 bridgehead atoms. The molecule has 0 aromatic heterocycles. The molecule has 180 valence electrons. The molecule has 0 spiro atoms. The quantitative estimate of drug-likeness (QED) is 0.347. The zero-order valence-electron chi connectivity index (χ0n) is 18.5. The summed E-state index contributed by atoms with van der Waals surface area (Å²) in [7, 11) is 0. The maximum atomic E-state index is 12.4. The van der Waals surface area contributed by atoms with Crippen molar-refractivity contribution in [2.24, 2.45) is 0 Å². The average molecular weight is 471 g/mol. The number of ether oxygens (including phenoxy) is 4. The van der Waals surface area contributed by atoms with Gasteiger partial charge in [-0.05, 0) is 36.2 Å². The first kappa shape index (κ1) is 23.3. The third kappa shape index (κ3) is 5.73. The highest BCUT2D eigenvalue weighted by molar-refractivity contribution is 5.93. The average Bonchev–Trinajstić information content (AvgIpc) is 2.87. The normalized spacial score (nSPS) is 14.9. The van der Waals surface area contributed by atoms with Gasteiger partial charge in [0.25, 0.3) is 11.6 Å². The molecule has 1 fully saturated rings. The van der Waals surface area contributed by atoms with E-state index in [-0.39, 0.29) is 11.3 Å². The Morgan fingerprint density at radius 2 is 1.79 bits per heavy atom. The lowest BCUT2D eigenvalue weighted by atomic mass is 10.1. The molecule has 11 nitrogen and oxygen atoms in total. The number of hydrogen-bond acceptors (Lipinski definition) is 9. The Kier molecular flexibility index (Phi) is 7.43. The van der Waals surface area contributed by atoms with Crippen molar-refractivity contribution in [1.82, 2.24) is 5.32 Å². The van der Waals surface area contributed by atoms with E-state index in [9.17, 15) is 19.7 Å². The molecule has 2 heterocycles. The van der Waals surface area contributed by atoms with Crippen molar-refractivity contribution in [1.29, 1.82) is 0 Å². The second kappa shape index (κ2) is 10.8. The second-order valence-corrected chi connectivity index (χ2v) is 7.71. The minimum Gasteiger partial charge on any atom is -0.486 e. The van der Waals surface area contributed by atoms with Crippen LogP contribution in [0.15, 0.2) is 36.4 Å². The van der Waals surface area contributed by atoms with Crippen molar-refractivity contribution in [3.8, 4) is 11.5 Å². The second-order valence-electron chi connectivity index (χ2n) is 7.71. The van der Waals surface area contributed by atoms with Crippen LogP contribution in [0.25, 0.3) is 0 Å². The topological polar surface area (TPSA) is 129 Å². The fourth-order valence-electron chi connectivity index (χ4n) is 3.72. The van der Waals surface area contributed by atoms with Crippen LogP contribution in [-0.4, -0.2) is 69.5 Å². The van der Waals surface area contributed by atoms with Crippen LogP contribution in [0.5, 0.6) is 11.5 Å². The molecule has 2 aromatic carbocycles. The molecule has 0 atom stereocenters. The molecule has 1 amide bonds. The summed E-state index contributed by atoms with van der Waals surface area (Å²) >= 11 is 0. The van der Waals surface area contributed by atoms with Gasteiger partial charge in [-0.1, -0.05) is 6.07 Å². The number of morpholine rings is 1. The van der Waals surface area contributed by atoms with Gasteiger partial charge in [0, 0.05) is 25.7 Å². The zero-order chi connectivity index (χ0) is 23.9. The van der Waals surface area contributed by atoms with Gasteiger partial charge in [0.1, 0.15) is 18.9 Å². The van der Waals surface area contributed by atoms with Crippen molar-refractivity contribution in [3.63, 3.8) is 0 Å². The third-order valence-electron chi connectivity index (χ3n) is 5.44. The number of anilines is 1. The number of nitro benzene ring substituents is 1. The lowest BCUT2D eigenvalue weighted by Crippen LogP contribution is -2.36. The minimum absolute atomic E-state index is 0.00721. The van der Waals surface area contributed by atoms with Gasteiger partial charge in [-0.2, -0.15) is 0 Å². The Balaban J connectivity index is 1.27. The Bertz CT molecular complexity index is 1070. The smallest absolute Gasteiger partial charge is 0.338 e. The molecule has 34 heavy (non-hydrogen) atoms. The first-order valence-corrected chi connectivity index (χ1v) is 10.9. The Labute approximate surface area is 195 Å². The SMILES string of the molecule is O=C(COC(=O)c1ccc(N2CCOCC2)c([N+](=O)[O-])c1)NCCc1ccc2c(c1)OCCO2. The molecule has 4 rings (SSSR count). The van der Waals surface area contributed by atoms with Gasteiger partial charge in [0.05, 0.1) is 23.7 Å². The van der Waals surface area contributed by atoms with Crippen molar-refractivity contribution >= 4 is 23.3 Å². The van der Waals surface area contributed by atoms with E-state index in [4.69, 9.17) is 18.9 Å². The van der Waals surface area contributed by atoms with Crippen molar-refractivity contribution in [2.45, 2.75) is 6.42 Å². The van der Waals surface area contributed by atoms with E-state index in [0.717, 1.165) is 5.56 Å². The van der Waals surface area contributed by atoms with E-state index in [1.165, 1.54) is 18.2 Å². The number of esters is 1. The Morgan fingerprint density at radius 3 is 2.56 bits per heavy atom. The van der Waals surface area contributed by atoms with Crippen LogP contribution >= 0.6 is 0 Å². The summed E-state index contributed by atoms with van der Waals surface area (Å²) < 4.78 is 21.3. The Morgan fingerprint density at radius 1 is 1.03 bits per heavy atom. The molecular formula is C23H25N3O8.